The Hall–Kier alpha value is -3.69. The molecule has 1 saturated heterocycles. The largest absolute Gasteiger partial charge is 0.489 e. The maximum Gasteiger partial charge on any atom is 0.325 e. The Kier molecular flexibility index (Phi) is 6.29. The van der Waals surface area contributed by atoms with Crippen LogP contribution in [-0.2, 0) is 17.9 Å². The van der Waals surface area contributed by atoms with E-state index in [1.807, 2.05) is 60.4 Å². The lowest BCUT2D eigenvalue weighted by atomic mass is 10.0. The monoisotopic (exact) mass is 461 g/mol. The van der Waals surface area contributed by atoms with Crippen molar-refractivity contribution >= 4 is 16.9 Å². The number of fused-ring (bicyclic) bond motifs is 1. The molecule has 0 saturated carbocycles. The van der Waals surface area contributed by atoms with Gasteiger partial charge in [0, 0.05) is 61.5 Å². The number of hydrogen-bond acceptors (Lipinski definition) is 7. The number of aromatic amines is 1. The Balaban J connectivity index is 1.28. The van der Waals surface area contributed by atoms with Gasteiger partial charge in [-0.25, -0.2) is 4.63 Å². The normalized spacial score (nSPS) is 16.0. The van der Waals surface area contributed by atoms with Gasteiger partial charge < -0.3 is 14.8 Å². The van der Waals surface area contributed by atoms with Crippen LogP contribution < -0.4 is 4.74 Å². The minimum absolute atomic E-state index is 0.478. The number of aromatic nitrogens is 3. The van der Waals surface area contributed by atoms with Gasteiger partial charge in [-0.15, -0.1) is 0 Å². The highest BCUT2D eigenvalue weighted by Gasteiger charge is 2.32. The smallest absolute Gasteiger partial charge is 0.325 e. The van der Waals surface area contributed by atoms with Crippen LogP contribution in [-0.4, -0.2) is 62.4 Å². The number of H-pyrrole nitrogens is 1. The highest BCUT2D eigenvalue weighted by atomic mass is 16.6. The second-order valence-corrected chi connectivity index (χ2v) is 8.57. The van der Waals surface area contributed by atoms with E-state index in [9.17, 15) is 9.90 Å². The average Bonchev–Trinajstić information content (AvgIpc) is 3.45. The van der Waals surface area contributed by atoms with E-state index in [1.54, 1.807) is 6.20 Å². The molecule has 1 aliphatic heterocycles. The van der Waals surface area contributed by atoms with E-state index in [-0.39, 0.29) is 0 Å². The van der Waals surface area contributed by atoms with E-state index in [4.69, 9.17) is 9.37 Å². The number of carboxylic acids is 1. The third-order valence-corrected chi connectivity index (χ3v) is 6.35. The Labute approximate surface area is 196 Å². The van der Waals surface area contributed by atoms with Gasteiger partial charge >= 0.3 is 5.97 Å². The lowest BCUT2D eigenvalue weighted by Crippen LogP contribution is -2.48. The van der Waals surface area contributed by atoms with Crippen molar-refractivity contribution in [3.8, 4) is 5.75 Å². The number of carbonyl (C=O) groups is 1. The van der Waals surface area contributed by atoms with E-state index in [2.05, 4.69) is 20.2 Å². The van der Waals surface area contributed by atoms with Gasteiger partial charge in [0.2, 0.25) is 0 Å². The van der Waals surface area contributed by atoms with E-state index in [0.29, 0.717) is 26.2 Å². The molecule has 1 atom stereocenters. The van der Waals surface area contributed by atoms with E-state index >= 15 is 0 Å². The Morgan fingerprint density at radius 2 is 1.94 bits per heavy atom. The molecule has 0 bridgehead atoms. The van der Waals surface area contributed by atoms with Crippen LogP contribution in [0.25, 0.3) is 10.9 Å². The molecule has 9 nitrogen and oxygen atoms in total. The minimum Gasteiger partial charge on any atom is -0.489 e. The van der Waals surface area contributed by atoms with Crippen molar-refractivity contribution in [1.29, 1.82) is 0 Å². The summed E-state index contributed by atoms with van der Waals surface area (Å²) in [5.41, 5.74) is 4.33. The number of nitrogens with one attached hydrogen (secondary N) is 1. The van der Waals surface area contributed by atoms with Crippen molar-refractivity contribution in [2.24, 2.45) is 0 Å². The van der Waals surface area contributed by atoms with Crippen LogP contribution in [0.5, 0.6) is 5.75 Å². The summed E-state index contributed by atoms with van der Waals surface area (Å²) in [5.74, 6) is -0.113. The predicted molar refractivity (Wildman–Crippen MR) is 125 cm³/mol. The van der Waals surface area contributed by atoms with Crippen LogP contribution in [0.2, 0.25) is 0 Å². The quantitative estimate of drug-likeness (QED) is 0.411. The van der Waals surface area contributed by atoms with E-state index < -0.39 is 12.0 Å². The van der Waals surface area contributed by atoms with Crippen molar-refractivity contribution in [3.63, 3.8) is 0 Å². The second kappa shape index (κ2) is 9.66. The number of ether oxygens (including phenoxy) is 1. The molecule has 176 valence electrons. The van der Waals surface area contributed by atoms with Crippen LogP contribution in [0, 0.1) is 6.92 Å². The van der Waals surface area contributed by atoms with Crippen molar-refractivity contribution < 1.29 is 19.3 Å². The van der Waals surface area contributed by atoms with Crippen molar-refractivity contribution in [1.82, 2.24) is 25.1 Å². The summed E-state index contributed by atoms with van der Waals surface area (Å²) in [6, 6.07) is 15.0. The zero-order valence-corrected chi connectivity index (χ0v) is 19.0. The topological polar surface area (TPSA) is 108 Å². The molecule has 0 aliphatic carbocycles. The molecule has 0 amide bonds. The molecule has 34 heavy (non-hydrogen) atoms. The molecule has 2 N–H and O–H groups in total. The van der Waals surface area contributed by atoms with Crippen LogP contribution in [0.15, 0.2) is 59.4 Å². The molecule has 5 rings (SSSR count). The van der Waals surface area contributed by atoms with Gasteiger partial charge in [-0.1, -0.05) is 40.6 Å². The van der Waals surface area contributed by atoms with Crippen molar-refractivity contribution in [2.75, 3.05) is 26.2 Å². The molecule has 1 unspecified atom stereocenters. The van der Waals surface area contributed by atoms with E-state index in [0.717, 1.165) is 52.3 Å². The maximum atomic E-state index is 12.3. The van der Waals surface area contributed by atoms with Crippen LogP contribution in [0.4, 0.5) is 0 Å². The van der Waals surface area contributed by atoms with Gasteiger partial charge in [0.1, 0.15) is 29.8 Å². The van der Waals surface area contributed by atoms with Crippen molar-refractivity contribution in [2.45, 2.75) is 26.1 Å². The highest BCUT2D eigenvalue weighted by Crippen LogP contribution is 2.32. The van der Waals surface area contributed by atoms with Crippen molar-refractivity contribution in [3.05, 3.63) is 77.2 Å². The summed E-state index contributed by atoms with van der Waals surface area (Å²) in [4.78, 5) is 19.8. The fraction of sp³-hybridized carbons (Fsp3) is 0.320. The lowest BCUT2D eigenvalue weighted by Gasteiger charge is -2.37. The molecule has 4 aromatic rings. The van der Waals surface area contributed by atoms with Crippen LogP contribution in [0.3, 0.4) is 0 Å². The number of nitrogens with zero attached hydrogens (tertiary/aromatic N) is 4. The van der Waals surface area contributed by atoms with Crippen LogP contribution >= 0.6 is 0 Å². The van der Waals surface area contributed by atoms with Gasteiger partial charge in [0.05, 0.1) is 0 Å². The summed E-state index contributed by atoms with van der Waals surface area (Å²) < 4.78 is 10.7. The maximum absolute atomic E-state index is 12.3. The number of aryl methyl sites for hydroxylation is 1. The molecule has 3 heterocycles. The molecular weight excluding hydrogens is 434 g/mol. The third kappa shape index (κ3) is 4.66. The molecule has 0 radical (unpaired) electrons. The molecule has 2 aromatic heterocycles. The zero-order chi connectivity index (χ0) is 23.5. The Morgan fingerprint density at radius 3 is 2.65 bits per heavy atom. The van der Waals surface area contributed by atoms with Gasteiger partial charge in [-0.2, -0.15) is 0 Å². The molecular formula is C25H27N5O4. The minimum atomic E-state index is -0.852. The fourth-order valence-electron chi connectivity index (χ4n) is 4.45. The summed E-state index contributed by atoms with van der Waals surface area (Å²) in [6.45, 7) is 5.79. The third-order valence-electron chi connectivity index (χ3n) is 6.35. The SMILES string of the molecule is Cc1nonc1CN1CCN(C(C(=O)O)c2c[nH]c3cc(OCc4ccccc4)ccc23)CC1. The molecule has 2 aromatic carbocycles. The molecule has 0 spiro atoms. The Bertz CT molecular complexity index is 1260. The van der Waals surface area contributed by atoms with Gasteiger partial charge in [0.25, 0.3) is 0 Å². The van der Waals surface area contributed by atoms with Gasteiger partial charge in [-0.05, 0) is 24.6 Å². The summed E-state index contributed by atoms with van der Waals surface area (Å²) in [5, 5.41) is 18.8. The molecule has 9 heteroatoms. The molecule has 1 fully saturated rings. The van der Waals surface area contributed by atoms with Gasteiger partial charge in [0.15, 0.2) is 0 Å². The predicted octanol–water partition coefficient (Wildman–Crippen LogP) is 3.38. The van der Waals surface area contributed by atoms with Crippen LogP contribution in [0.1, 0.15) is 28.6 Å². The first-order valence-electron chi connectivity index (χ1n) is 11.3. The summed E-state index contributed by atoms with van der Waals surface area (Å²) in [7, 11) is 0. The summed E-state index contributed by atoms with van der Waals surface area (Å²) >= 11 is 0. The van der Waals surface area contributed by atoms with E-state index in [1.165, 1.54) is 0 Å². The number of rotatable bonds is 8. The first-order chi connectivity index (χ1) is 16.6. The first kappa shape index (κ1) is 22.1. The molecule has 1 aliphatic rings. The standard InChI is InChI=1S/C25H27N5O4/c1-17-23(28-34-27-17)15-29-9-11-30(12-10-29)24(25(31)32)21-14-26-22-13-19(7-8-20(21)22)33-16-18-5-3-2-4-6-18/h2-8,13-14,24,26H,9-12,15-16H2,1H3,(H,31,32). The average molecular weight is 462 g/mol. The summed E-state index contributed by atoms with van der Waals surface area (Å²) in [6.07, 6.45) is 1.81. The lowest BCUT2D eigenvalue weighted by molar-refractivity contribution is -0.144. The second-order valence-electron chi connectivity index (χ2n) is 8.57. The Morgan fingerprint density at radius 1 is 1.15 bits per heavy atom. The highest BCUT2D eigenvalue weighted by molar-refractivity contribution is 5.90. The zero-order valence-electron chi connectivity index (χ0n) is 19.0. The van der Waals surface area contributed by atoms with Gasteiger partial charge in [-0.3, -0.25) is 14.6 Å². The number of aliphatic carboxylic acids is 1. The number of piperazine rings is 1. The number of hydrogen-bond donors (Lipinski definition) is 2. The first-order valence-corrected chi connectivity index (χ1v) is 11.3. The number of benzene rings is 2. The fourth-order valence-corrected chi connectivity index (χ4v) is 4.45. The number of carboxylic acid groups (broad SMARTS) is 1.